The molecule has 0 aliphatic carbocycles. The third-order valence-electron chi connectivity index (χ3n) is 3.90. The predicted molar refractivity (Wildman–Crippen MR) is 93.2 cm³/mol. The summed E-state index contributed by atoms with van der Waals surface area (Å²) in [6, 6.07) is 16.9. The minimum atomic E-state index is -1.09. The Balaban J connectivity index is 1.72. The highest BCUT2D eigenvalue weighted by molar-refractivity contribution is 5.84. The largest absolute Gasteiger partial charge is 0.496 e. The molecular weight excluding hydrogens is 320 g/mol. The Bertz CT molecular complexity index is 877. The van der Waals surface area contributed by atoms with Crippen LogP contribution in [0.2, 0.25) is 0 Å². The van der Waals surface area contributed by atoms with Gasteiger partial charge in [0.05, 0.1) is 7.11 Å². The van der Waals surface area contributed by atoms with Crippen molar-refractivity contribution in [1.82, 2.24) is 0 Å². The Labute approximate surface area is 145 Å². The van der Waals surface area contributed by atoms with E-state index >= 15 is 0 Å². The van der Waals surface area contributed by atoms with Gasteiger partial charge in [0.25, 0.3) is 0 Å². The maximum Gasteiger partial charge on any atom is 0.371 e. The lowest BCUT2D eigenvalue weighted by atomic mass is 10.0. The number of rotatable bonds is 6. The highest BCUT2D eigenvalue weighted by Crippen LogP contribution is 2.30. The standard InChI is InChI=1S/C20H18O5/c1-13-15(11-19(25-13)20(21)22)12-24-16-9-7-14(8-10-16)17-5-3-4-6-18(17)23-2/h3-11H,12H2,1-2H3,(H,21,22). The molecule has 0 amide bonds. The van der Waals surface area contributed by atoms with E-state index in [0.29, 0.717) is 17.1 Å². The minimum Gasteiger partial charge on any atom is -0.496 e. The zero-order valence-electron chi connectivity index (χ0n) is 14.0. The number of carboxylic acids is 1. The van der Waals surface area contributed by atoms with Crippen molar-refractivity contribution in [2.24, 2.45) is 0 Å². The zero-order chi connectivity index (χ0) is 17.8. The molecule has 0 spiro atoms. The fourth-order valence-electron chi connectivity index (χ4n) is 2.54. The highest BCUT2D eigenvalue weighted by Gasteiger charge is 2.13. The highest BCUT2D eigenvalue weighted by atomic mass is 16.5. The van der Waals surface area contributed by atoms with Gasteiger partial charge in [-0.3, -0.25) is 0 Å². The monoisotopic (exact) mass is 338 g/mol. The lowest BCUT2D eigenvalue weighted by Crippen LogP contribution is -1.96. The number of carboxylic acid groups (broad SMARTS) is 1. The zero-order valence-corrected chi connectivity index (χ0v) is 14.0. The van der Waals surface area contributed by atoms with Crippen molar-refractivity contribution in [3.05, 3.63) is 71.7 Å². The Morgan fingerprint density at radius 1 is 1.12 bits per heavy atom. The number of benzene rings is 2. The van der Waals surface area contributed by atoms with E-state index in [1.165, 1.54) is 6.07 Å². The van der Waals surface area contributed by atoms with Crippen molar-refractivity contribution in [3.8, 4) is 22.6 Å². The van der Waals surface area contributed by atoms with Crippen molar-refractivity contribution in [3.63, 3.8) is 0 Å². The van der Waals surface area contributed by atoms with E-state index in [1.54, 1.807) is 14.0 Å². The van der Waals surface area contributed by atoms with Crippen LogP contribution in [0.4, 0.5) is 0 Å². The van der Waals surface area contributed by atoms with Crippen LogP contribution in [0.5, 0.6) is 11.5 Å². The van der Waals surface area contributed by atoms with E-state index in [4.69, 9.17) is 19.0 Å². The van der Waals surface area contributed by atoms with Crippen molar-refractivity contribution >= 4 is 5.97 Å². The van der Waals surface area contributed by atoms with Gasteiger partial charge >= 0.3 is 5.97 Å². The summed E-state index contributed by atoms with van der Waals surface area (Å²) in [6.45, 7) is 1.96. The predicted octanol–water partition coefficient (Wildman–Crippen LogP) is 4.54. The molecule has 5 heteroatoms. The second-order valence-corrected chi connectivity index (χ2v) is 5.51. The summed E-state index contributed by atoms with van der Waals surface area (Å²) in [4.78, 5) is 10.9. The number of aryl methyl sites for hydroxylation is 1. The van der Waals surface area contributed by atoms with Gasteiger partial charge < -0.3 is 19.0 Å². The summed E-state index contributed by atoms with van der Waals surface area (Å²) >= 11 is 0. The fourth-order valence-corrected chi connectivity index (χ4v) is 2.54. The summed E-state index contributed by atoms with van der Waals surface area (Å²) in [5.74, 6) is 0.878. The average Bonchev–Trinajstić information content (AvgIpc) is 3.01. The molecular formula is C20H18O5. The first-order valence-corrected chi connectivity index (χ1v) is 7.77. The average molecular weight is 338 g/mol. The molecule has 1 heterocycles. The molecule has 0 unspecified atom stereocenters. The van der Waals surface area contributed by atoms with Gasteiger partial charge in [0.15, 0.2) is 0 Å². The van der Waals surface area contributed by atoms with Gasteiger partial charge in [-0.25, -0.2) is 4.79 Å². The maximum absolute atomic E-state index is 10.9. The van der Waals surface area contributed by atoms with Crippen LogP contribution in [0.3, 0.4) is 0 Å². The number of ether oxygens (including phenoxy) is 2. The molecule has 25 heavy (non-hydrogen) atoms. The topological polar surface area (TPSA) is 68.9 Å². The van der Waals surface area contributed by atoms with Gasteiger partial charge in [0, 0.05) is 11.1 Å². The first kappa shape index (κ1) is 16.6. The first-order chi connectivity index (χ1) is 12.1. The van der Waals surface area contributed by atoms with E-state index < -0.39 is 5.97 Å². The molecule has 3 aromatic rings. The van der Waals surface area contributed by atoms with Crippen LogP contribution in [0.25, 0.3) is 11.1 Å². The number of para-hydroxylation sites is 1. The normalized spacial score (nSPS) is 10.5. The number of methoxy groups -OCH3 is 1. The van der Waals surface area contributed by atoms with E-state index in [9.17, 15) is 4.79 Å². The van der Waals surface area contributed by atoms with Crippen molar-refractivity contribution in [2.45, 2.75) is 13.5 Å². The molecule has 0 bridgehead atoms. The van der Waals surface area contributed by atoms with Crippen molar-refractivity contribution < 1.29 is 23.8 Å². The summed E-state index contributed by atoms with van der Waals surface area (Å²) in [6.07, 6.45) is 0. The second kappa shape index (κ2) is 7.13. The van der Waals surface area contributed by atoms with Crippen LogP contribution < -0.4 is 9.47 Å². The second-order valence-electron chi connectivity index (χ2n) is 5.51. The lowest BCUT2D eigenvalue weighted by Gasteiger charge is -2.10. The third kappa shape index (κ3) is 3.66. The number of hydrogen-bond donors (Lipinski definition) is 1. The minimum absolute atomic E-state index is 0.0809. The van der Waals surface area contributed by atoms with E-state index in [-0.39, 0.29) is 12.4 Å². The molecule has 0 aliphatic heterocycles. The molecule has 0 aliphatic rings. The maximum atomic E-state index is 10.9. The first-order valence-electron chi connectivity index (χ1n) is 7.77. The van der Waals surface area contributed by atoms with Crippen molar-refractivity contribution in [1.29, 1.82) is 0 Å². The van der Waals surface area contributed by atoms with Crippen LogP contribution in [-0.4, -0.2) is 18.2 Å². The Morgan fingerprint density at radius 2 is 1.84 bits per heavy atom. The van der Waals surface area contributed by atoms with Crippen LogP contribution in [0.15, 0.2) is 59.0 Å². The molecule has 5 nitrogen and oxygen atoms in total. The molecule has 3 rings (SSSR count). The summed E-state index contributed by atoms with van der Waals surface area (Å²) in [5, 5.41) is 8.94. The lowest BCUT2D eigenvalue weighted by molar-refractivity contribution is 0.0661. The molecule has 0 saturated carbocycles. The van der Waals surface area contributed by atoms with Crippen LogP contribution in [-0.2, 0) is 6.61 Å². The number of carbonyl (C=O) groups is 1. The molecule has 0 radical (unpaired) electrons. The molecule has 1 aromatic heterocycles. The van der Waals surface area contributed by atoms with E-state index in [2.05, 4.69) is 0 Å². The van der Waals surface area contributed by atoms with Crippen LogP contribution in [0.1, 0.15) is 21.9 Å². The number of hydrogen-bond acceptors (Lipinski definition) is 4. The molecule has 2 aromatic carbocycles. The molecule has 1 N–H and O–H groups in total. The smallest absolute Gasteiger partial charge is 0.371 e. The molecule has 0 atom stereocenters. The molecule has 0 saturated heterocycles. The van der Waals surface area contributed by atoms with E-state index in [1.807, 2.05) is 48.5 Å². The van der Waals surface area contributed by atoms with Crippen LogP contribution >= 0.6 is 0 Å². The van der Waals surface area contributed by atoms with Crippen LogP contribution in [0, 0.1) is 6.92 Å². The number of aromatic carboxylic acids is 1. The SMILES string of the molecule is COc1ccccc1-c1ccc(OCc2cc(C(=O)O)oc2C)cc1. The van der Waals surface area contributed by atoms with Gasteiger partial charge in [-0.1, -0.05) is 30.3 Å². The Hall–Kier alpha value is -3.21. The third-order valence-corrected chi connectivity index (χ3v) is 3.90. The van der Waals surface area contributed by atoms with E-state index in [0.717, 1.165) is 16.9 Å². The quantitative estimate of drug-likeness (QED) is 0.714. The number of furan rings is 1. The summed E-state index contributed by atoms with van der Waals surface area (Å²) in [7, 11) is 1.65. The summed E-state index contributed by atoms with van der Waals surface area (Å²) in [5.41, 5.74) is 2.75. The van der Waals surface area contributed by atoms with Gasteiger partial charge in [-0.2, -0.15) is 0 Å². The van der Waals surface area contributed by atoms with Gasteiger partial charge in [0.2, 0.25) is 5.76 Å². The fraction of sp³-hybridized carbons (Fsp3) is 0.150. The molecule has 128 valence electrons. The van der Waals surface area contributed by atoms with Crippen molar-refractivity contribution in [2.75, 3.05) is 7.11 Å². The summed E-state index contributed by atoms with van der Waals surface area (Å²) < 4.78 is 16.3. The Morgan fingerprint density at radius 3 is 2.48 bits per heavy atom. The van der Waals surface area contributed by atoms with Gasteiger partial charge in [-0.05, 0) is 36.8 Å². The molecule has 0 fully saturated rings. The van der Waals surface area contributed by atoms with Gasteiger partial charge in [0.1, 0.15) is 23.9 Å². The Kier molecular flexibility index (Phi) is 4.75. The van der Waals surface area contributed by atoms with Gasteiger partial charge in [-0.15, -0.1) is 0 Å².